The standard InChI is InChI=1S/C27H24N4O3/c1-30(2)19-9-7-18(8-10-19)24-23(25(32)21-15-29-22-6-4-3-5-20(21)22)26(33)27(34)31(24)16-17-11-13-28-14-12-17/h3-15,24,29,32H,16H2,1-2H3/b25-23-. The van der Waals surface area contributed by atoms with E-state index in [1.165, 1.54) is 4.90 Å². The van der Waals surface area contributed by atoms with Crippen LogP contribution in [0.5, 0.6) is 0 Å². The number of carbonyl (C=O) groups excluding carboxylic acids is 2. The van der Waals surface area contributed by atoms with Gasteiger partial charge in [-0.2, -0.15) is 0 Å². The molecule has 2 aromatic heterocycles. The number of Topliss-reactive ketones (excluding diaryl/α,β-unsaturated/α-hetero) is 1. The summed E-state index contributed by atoms with van der Waals surface area (Å²) in [5.41, 5.74) is 4.00. The molecular formula is C27H24N4O3. The van der Waals surface area contributed by atoms with Gasteiger partial charge in [-0.1, -0.05) is 30.3 Å². The number of aliphatic hydroxyl groups excluding tert-OH is 1. The summed E-state index contributed by atoms with van der Waals surface area (Å²) in [5, 5.41) is 12.2. The summed E-state index contributed by atoms with van der Waals surface area (Å²) in [4.78, 5) is 37.2. The monoisotopic (exact) mass is 452 g/mol. The van der Waals surface area contributed by atoms with E-state index in [9.17, 15) is 14.7 Å². The van der Waals surface area contributed by atoms with Crippen LogP contribution in [-0.4, -0.2) is 45.8 Å². The van der Waals surface area contributed by atoms with Crippen molar-refractivity contribution in [1.29, 1.82) is 0 Å². The number of aromatic nitrogens is 2. The highest BCUT2D eigenvalue weighted by atomic mass is 16.3. The largest absolute Gasteiger partial charge is 0.507 e. The molecule has 4 aromatic rings. The Kier molecular flexibility index (Phi) is 5.37. The number of aromatic amines is 1. The second-order valence-corrected chi connectivity index (χ2v) is 8.52. The van der Waals surface area contributed by atoms with Crippen LogP contribution in [0.4, 0.5) is 5.69 Å². The maximum absolute atomic E-state index is 13.3. The Hall–Kier alpha value is -4.39. The molecule has 1 fully saturated rings. The molecule has 170 valence electrons. The van der Waals surface area contributed by atoms with Gasteiger partial charge in [-0.25, -0.2) is 0 Å². The number of fused-ring (bicyclic) bond motifs is 1. The number of anilines is 1. The SMILES string of the molecule is CN(C)c1ccc(C2/C(=C(/O)c3c[nH]c4ccccc34)C(=O)C(=O)N2Cc2ccncc2)cc1. The quantitative estimate of drug-likeness (QED) is 0.268. The predicted molar refractivity (Wildman–Crippen MR) is 131 cm³/mol. The van der Waals surface area contributed by atoms with E-state index in [0.29, 0.717) is 5.56 Å². The van der Waals surface area contributed by atoms with Crippen molar-refractivity contribution in [2.75, 3.05) is 19.0 Å². The number of rotatable bonds is 5. The van der Waals surface area contributed by atoms with Gasteiger partial charge in [0.25, 0.3) is 11.7 Å². The fraction of sp³-hybridized carbons (Fsp3) is 0.148. The van der Waals surface area contributed by atoms with Crippen LogP contribution in [-0.2, 0) is 16.1 Å². The molecule has 0 radical (unpaired) electrons. The molecule has 0 aliphatic carbocycles. The molecule has 1 aliphatic heterocycles. The number of hydrogen-bond donors (Lipinski definition) is 2. The molecule has 1 atom stereocenters. The second kappa shape index (κ2) is 8.51. The average Bonchev–Trinajstić information content (AvgIpc) is 3.39. The fourth-order valence-corrected chi connectivity index (χ4v) is 4.44. The van der Waals surface area contributed by atoms with Gasteiger partial charge in [0.1, 0.15) is 5.76 Å². The molecule has 7 heteroatoms. The third-order valence-electron chi connectivity index (χ3n) is 6.21. The lowest BCUT2D eigenvalue weighted by molar-refractivity contribution is -0.140. The molecule has 0 saturated carbocycles. The van der Waals surface area contributed by atoms with Crippen LogP contribution < -0.4 is 4.90 Å². The van der Waals surface area contributed by atoms with Crippen LogP contribution in [0.25, 0.3) is 16.7 Å². The van der Waals surface area contributed by atoms with Crippen LogP contribution in [0.1, 0.15) is 22.7 Å². The van der Waals surface area contributed by atoms with Crippen molar-refractivity contribution >= 4 is 34.0 Å². The minimum Gasteiger partial charge on any atom is -0.507 e. The van der Waals surface area contributed by atoms with Crippen molar-refractivity contribution in [1.82, 2.24) is 14.9 Å². The molecular weight excluding hydrogens is 428 g/mol. The maximum atomic E-state index is 13.3. The summed E-state index contributed by atoms with van der Waals surface area (Å²) in [5.74, 6) is -1.52. The van der Waals surface area contributed by atoms with E-state index in [4.69, 9.17) is 0 Å². The second-order valence-electron chi connectivity index (χ2n) is 8.52. The Morgan fingerprint density at radius 1 is 1.03 bits per heavy atom. The van der Waals surface area contributed by atoms with Gasteiger partial charge in [0.15, 0.2) is 0 Å². The van der Waals surface area contributed by atoms with Gasteiger partial charge in [0, 0.05) is 61.4 Å². The summed E-state index contributed by atoms with van der Waals surface area (Å²) in [7, 11) is 3.89. The summed E-state index contributed by atoms with van der Waals surface area (Å²) >= 11 is 0. The number of H-pyrrole nitrogens is 1. The number of nitrogens with zero attached hydrogens (tertiary/aromatic N) is 3. The molecule has 1 aliphatic rings. The topological polar surface area (TPSA) is 89.5 Å². The van der Waals surface area contributed by atoms with E-state index in [1.807, 2.05) is 79.7 Å². The first-order valence-corrected chi connectivity index (χ1v) is 11.0. The highest BCUT2D eigenvalue weighted by Crippen LogP contribution is 2.41. The zero-order chi connectivity index (χ0) is 23.8. The zero-order valence-corrected chi connectivity index (χ0v) is 18.9. The van der Waals surface area contributed by atoms with Gasteiger partial charge in [0.2, 0.25) is 0 Å². The fourth-order valence-electron chi connectivity index (χ4n) is 4.44. The summed E-state index contributed by atoms with van der Waals surface area (Å²) < 4.78 is 0. The molecule has 1 unspecified atom stereocenters. The average molecular weight is 453 g/mol. The number of pyridine rings is 1. The Morgan fingerprint density at radius 2 is 1.74 bits per heavy atom. The minimum atomic E-state index is -0.724. The van der Waals surface area contributed by atoms with Gasteiger partial charge in [-0.15, -0.1) is 0 Å². The number of amides is 1. The molecule has 1 amide bonds. The highest BCUT2D eigenvalue weighted by molar-refractivity contribution is 6.46. The molecule has 0 spiro atoms. The third kappa shape index (κ3) is 3.61. The molecule has 3 heterocycles. The van der Waals surface area contributed by atoms with E-state index in [1.54, 1.807) is 18.6 Å². The number of ketones is 1. The van der Waals surface area contributed by atoms with Gasteiger partial charge in [-0.05, 0) is 41.5 Å². The number of aliphatic hydroxyl groups is 1. The van der Waals surface area contributed by atoms with Crippen molar-refractivity contribution in [2.45, 2.75) is 12.6 Å². The van der Waals surface area contributed by atoms with Crippen LogP contribution in [0.3, 0.4) is 0 Å². The Morgan fingerprint density at radius 3 is 2.44 bits per heavy atom. The number of benzene rings is 2. The van der Waals surface area contributed by atoms with Crippen molar-refractivity contribution in [3.8, 4) is 0 Å². The summed E-state index contributed by atoms with van der Waals surface area (Å²) in [6.45, 7) is 0.220. The lowest BCUT2D eigenvalue weighted by atomic mass is 9.94. The Bertz CT molecular complexity index is 1400. The van der Waals surface area contributed by atoms with E-state index < -0.39 is 17.7 Å². The van der Waals surface area contributed by atoms with Crippen molar-refractivity contribution in [3.05, 3.63) is 102 Å². The first-order chi connectivity index (χ1) is 16.5. The number of para-hydroxylation sites is 1. The summed E-state index contributed by atoms with van der Waals surface area (Å²) in [6, 6.07) is 18.1. The summed E-state index contributed by atoms with van der Waals surface area (Å²) in [6.07, 6.45) is 4.97. The Balaban J connectivity index is 1.67. The molecule has 34 heavy (non-hydrogen) atoms. The molecule has 7 nitrogen and oxygen atoms in total. The van der Waals surface area contributed by atoms with Crippen LogP contribution in [0.2, 0.25) is 0 Å². The molecule has 0 bridgehead atoms. The number of nitrogens with one attached hydrogen (secondary N) is 1. The van der Waals surface area contributed by atoms with Gasteiger partial charge >= 0.3 is 0 Å². The number of likely N-dealkylation sites (tertiary alicyclic amines) is 1. The highest BCUT2D eigenvalue weighted by Gasteiger charge is 2.46. The van der Waals surface area contributed by atoms with Crippen molar-refractivity contribution in [2.24, 2.45) is 0 Å². The molecule has 1 saturated heterocycles. The van der Waals surface area contributed by atoms with E-state index in [-0.39, 0.29) is 17.9 Å². The molecule has 5 rings (SSSR count). The lowest BCUT2D eigenvalue weighted by Crippen LogP contribution is -2.29. The van der Waals surface area contributed by atoms with E-state index in [2.05, 4.69) is 9.97 Å². The van der Waals surface area contributed by atoms with Crippen LogP contribution >= 0.6 is 0 Å². The molecule has 2 aromatic carbocycles. The van der Waals surface area contributed by atoms with E-state index >= 15 is 0 Å². The minimum absolute atomic E-state index is 0.0846. The smallest absolute Gasteiger partial charge is 0.295 e. The Labute approximate surface area is 197 Å². The predicted octanol–water partition coefficient (Wildman–Crippen LogP) is 4.25. The normalized spacial score (nSPS) is 17.5. The van der Waals surface area contributed by atoms with Crippen molar-refractivity contribution in [3.63, 3.8) is 0 Å². The number of carbonyl (C=O) groups is 2. The zero-order valence-electron chi connectivity index (χ0n) is 18.9. The van der Waals surface area contributed by atoms with Gasteiger partial charge < -0.3 is 19.9 Å². The first-order valence-electron chi connectivity index (χ1n) is 11.0. The first kappa shape index (κ1) is 21.5. The van der Waals surface area contributed by atoms with Crippen LogP contribution in [0.15, 0.2) is 84.8 Å². The van der Waals surface area contributed by atoms with Gasteiger partial charge in [-0.3, -0.25) is 14.6 Å². The van der Waals surface area contributed by atoms with Gasteiger partial charge in [0.05, 0.1) is 11.6 Å². The van der Waals surface area contributed by atoms with E-state index in [0.717, 1.165) is 27.7 Å². The lowest BCUT2D eigenvalue weighted by Gasteiger charge is -2.26. The van der Waals surface area contributed by atoms with Crippen LogP contribution in [0, 0.1) is 0 Å². The third-order valence-corrected chi connectivity index (χ3v) is 6.21. The molecule has 2 N–H and O–H groups in total. The number of hydrogen-bond acceptors (Lipinski definition) is 5. The van der Waals surface area contributed by atoms with Crippen molar-refractivity contribution < 1.29 is 14.7 Å². The maximum Gasteiger partial charge on any atom is 0.295 e.